The van der Waals surface area contributed by atoms with Crippen molar-refractivity contribution in [3.8, 4) is 11.5 Å². The SMILES string of the molecule is COc1cc(/C=C/C(=O)C(c2ccccc2)c2ccccc2)cc(Cl)c1O. The lowest BCUT2D eigenvalue weighted by Gasteiger charge is -2.15. The van der Waals surface area contributed by atoms with Gasteiger partial charge in [-0.15, -0.1) is 0 Å². The number of phenols is 1. The zero-order valence-electron chi connectivity index (χ0n) is 14.8. The molecule has 0 bridgehead atoms. The van der Waals surface area contributed by atoms with Gasteiger partial charge in [0.1, 0.15) is 0 Å². The molecule has 3 aromatic carbocycles. The van der Waals surface area contributed by atoms with Gasteiger partial charge >= 0.3 is 0 Å². The number of phenolic OH excluding ortho intramolecular Hbond substituents is 1. The van der Waals surface area contributed by atoms with E-state index in [4.69, 9.17) is 16.3 Å². The molecule has 0 amide bonds. The van der Waals surface area contributed by atoms with E-state index >= 15 is 0 Å². The van der Waals surface area contributed by atoms with Crippen molar-refractivity contribution in [1.82, 2.24) is 0 Å². The number of benzene rings is 3. The number of methoxy groups -OCH3 is 1. The standard InChI is InChI=1S/C23H19ClO3/c1-27-21-15-16(14-19(24)23(21)26)12-13-20(25)22(17-8-4-2-5-9-17)18-10-6-3-7-11-18/h2-15,22,26H,1H3/b13-12+. The van der Waals surface area contributed by atoms with E-state index in [1.54, 1.807) is 18.2 Å². The molecular formula is C23H19ClO3. The van der Waals surface area contributed by atoms with E-state index in [0.717, 1.165) is 11.1 Å². The van der Waals surface area contributed by atoms with Crippen LogP contribution in [-0.2, 0) is 4.79 Å². The molecule has 0 atom stereocenters. The van der Waals surface area contributed by atoms with Gasteiger partial charge in [0.05, 0.1) is 18.1 Å². The van der Waals surface area contributed by atoms with Gasteiger partial charge in [-0.1, -0.05) is 78.3 Å². The zero-order valence-corrected chi connectivity index (χ0v) is 15.6. The second kappa shape index (κ2) is 8.56. The predicted octanol–water partition coefficient (Wildman–Crippen LogP) is 5.47. The maximum atomic E-state index is 13.0. The number of halogens is 1. The number of allylic oxidation sites excluding steroid dienone is 1. The van der Waals surface area contributed by atoms with E-state index in [-0.39, 0.29) is 22.3 Å². The molecule has 0 aliphatic carbocycles. The average Bonchev–Trinajstić information content (AvgIpc) is 2.70. The summed E-state index contributed by atoms with van der Waals surface area (Å²) in [5.41, 5.74) is 2.53. The Morgan fingerprint density at radius 1 is 1.00 bits per heavy atom. The lowest BCUT2D eigenvalue weighted by Crippen LogP contribution is -2.11. The van der Waals surface area contributed by atoms with Crippen molar-refractivity contribution >= 4 is 23.5 Å². The van der Waals surface area contributed by atoms with Gasteiger partial charge in [0, 0.05) is 0 Å². The quantitative estimate of drug-likeness (QED) is 0.578. The van der Waals surface area contributed by atoms with E-state index in [0.29, 0.717) is 5.56 Å². The van der Waals surface area contributed by atoms with Crippen molar-refractivity contribution in [2.75, 3.05) is 7.11 Å². The third-order valence-electron chi connectivity index (χ3n) is 4.26. The van der Waals surface area contributed by atoms with E-state index in [1.165, 1.54) is 13.2 Å². The van der Waals surface area contributed by atoms with Gasteiger partial charge in [-0.25, -0.2) is 0 Å². The Hall–Kier alpha value is -3.04. The summed E-state index contributed by atoms with van der Waals surface area (Å²) in [5.74, 6) is -0.292. The van der Waals surface area contributed by atoms with Crippen LogP contribution < -0.4 is 4.74 Å². The normalized spacial score (nSPS) is 11.1. The third kappa shape index (κ3) is 4.39. The van der Waals surface area contributed by atoms with Crippen molar-refractivity contribution in [2.24, 2.45) is 0 Å². The zero-order chi connectivity index (χ0) is 19.2. The summed E-state index contributed by atoms with van der Waals surface area (Å²) in [7, 11) is 1.45. The second-order valence-corrected chi connectivity index (χ2v) is 6.45. The minimum atomic E-state index is -0.391. The van der Waals surface area contributed by atoms with Crippen LogP contribution in [0.1, 0.15) is 22.6 Å². The molecule has 136 valence electrons. The monoisotopic (exact) mass is 378 g/mol. The second-order valence-electron chi connectivity index (χ2n) is 6.04. The molecule has 0 aliphatic rings. The van der Waals surface area contributed by atoms with Gasteiger partial charge in [-0.2, -0.15) is 0 Å². The van der Waals surface area contributed by atoms with Crippen LogP contribution in [0.2, 0.25) is 5.02 Å². The first-order valence-corrected chi connectivity index (χ1v) is 8.86. The molecule has 0 spiro atoms. The van der Waals surface area contributed by atoms with Gasteiger partial charge in [-0.05, 0) is 34.9 Å². The molecule has 3 rings (SSSR count). The molecule has 1 N–H and O–H groups in total. The molecule has 0 saturated carbocycles. The van der Waals surface area contributed by atoms with Crippen LogP contribution in [0.3, 0.4) is 0 Å². The Bertz CT molecular complexity index is 911. The summed E-state index contributed by atoms with van der Waals surface area (Å²) in [4.78, 5) is 13.0. The first kappa shape index (κ1) is 18.7. The predicted molar refractivity (Wildman–Crippen MR) is 108 cm³/mol. The molecule has 0 unspecified atom stereocenters. The molecule has 0 radical (unpaired) electrons. The largest absolute Gasteiger partial charge is 0.503 e. The highest BCUT2D eigenvalue weighted by Crippen LogP contribution is 2.35. The van der Waals surface area contributed by atoms with Crippen molar-refractivity contribution in [3.05, 3.63) is 101 Å². The maximum absolute atomic E-state index is 13.0. The van der Waals surface area contributed by atoms with Crippen LogP contribution in [0.25, 0.3) is 6.08 Å². The molecule has 0 saturated heterocycles. The van der Waals surface area contributed by atoms with Crippen LogP contribution in [0, 0.1) is 0 Å². The van der Waals surface area contributed by atoms with Crippen LogP contribution in [-0.4, -0.2) is 18.0 Å². The van der Waals surface area contributed by atoms with Gasteiger partial charge < -0.3 is 9.84 Å². The Labute approximate surface area is 163 Å². The van der Waals surface area contributed by atoms with Crippen molar-refractivity contribution < 1.29 is 14.6 Å². The topological polar surface area (TPSA) is 46.5 Å². The Balaban J connectivity index is 1.94. The van der Waals surface area contributed by atoms with E-state index in [2.05, 4.69) is 0 Å². The number of hydrogen-bond acceptors (Lipinski definition) is 3. The fourth-order valence-electron chi connectivity index (χ4n) is 2.93. The van der Waals surface area contributed by atoms with Gasteiger partial charge in [0.15, 0.2) is 17.3 Å². The molecule has 27 heavy (non-hydrogen) atoms. The number of ether oxygens (including phenoxy) is 1. The first-order chi connectivity index (χ1) is 13.1. The number of aromatic hydroxyl groups is 1. The fourth-order valence-corrected chi connectivity index (χ4v) is 3.15. The van der Waals surface area contributed by atoms with Crippen LogP contribution in [0.4, 0.5) is 0 Å². The van der Waals surface area contributed by atoms with Crippen LogP contribution >= 0.6 is 11.6 Å². The highest BCUT2D eigenvalue weighted by molar-refractivity contribution is 6.32. The van der Waals surface area contributed by atoms with Gasteiger partial charge in [0.25, 0.3) is 0 Å². The molecule has 0 aliphatic heterocycles. The summed E-state index contributed by atoms with van der Waals surface area (Å²) in [6.07, 6.45) is 3.21. The smallest absolute Gasteiger partial charge is 0.176 e. The summed E-state index contributed by atoms with van der Waals surface area (Å²) >= 11 is 6.02. The molecule has 0 aromatic heterocycles. The van der Waals surface area contributed by atoms with Gasteiger partial charge in [-0.3, -0.25) is 4.79 Å². The van der Waals surface area contributed by atoms with Crippen molar-refractivity contribution in [3.63, 3.8) is 0 Å². The first-order valence-electron chi connectivity index (χ1n) is 8.48. The van der Waals surface area contributed by atoms with Crippen molar-refractivity contribution in [1.29, 1.82) is 0 Å². The number of carbonyl (C=O) groups excluding carboxylic acids is 1. The van der Waals surface area contributed by atoms with Crippen molar-refractivity contribution in [2.45, 2.75) is 5.92 Å². The van der Waals surface area contributed by atoms with Crippen LogP contribution in [0.15, 0.2) is 78.9 Å². The summed E-state index contributed by atoms with van der Waals surface area (Å²) in [6.45, 7) is 0. The summed E-state index contributed by atoms with van der Waals surface area (Å²) < 4.78 is 5.11. The number of carbonyl (C=O) groups is 1. The number of rotatable bonds is 6. The van der Waals surface area contributed by atoms with E-state index in [1.807, 2.05) is 60.7 Å². The lowest BCUT2D eigenvalue weighted by molar-refractivity contribution is -0.115. The Morgan fingerprint density at radius 2 is 1.56 bits per heavy atom. The number of ketones is 1. The minimum absolute atomic E-state index is 0.0458. The molecule has 3 aromatic rings. The molecule has 0 heterocycles. The summed E-state index contributed by atoms with van der Waals surface area (Å²) in [5, 5.41) is 10.0. The average molecular weight is 379 g/mol. The molecular weight excluding hydrogens is 360 g/mol. The van der Waals surface area contributed by atoms with Gasteiger partial charge in [0.2, 0.25) is 0 Å². The van der Waals surface area contributed by atoms with E-state index in [9.17, 15) is 9.90 Å². The Kier molecular flexibility index (Phi) is 5.94. The molecule has 3 nitrogen and oxygen atoms in total. The number of hydrogen-bond donors (Lipinski definition) is 1. The third-order valence-corrected chi connectivity index (χ3v) is 4.55. The summed E-state index contributed by atoms with van der Waals surface area (Å²) in [6, 6.07) is 22.6. The maximum Gasteiger partial charge on any atom is 0.176 e. The highest BCUT2D eigenvalue weighted by Gasteiger charge is 2.20. The lowest BCUT2D eigenvalue weighted by atomic mass is 9.87. The van der Waals surface area contributed by atoms with E-state index < -0.39 is 5.92 Å². The fraction of sp³-hybridized carbons (Fsp3) is 0.0870. The van der Waals surface area contributed by atoms with Crippen LogP contribution in [0.5, 0.6) is 11.5 Å². The molecule has 4 heteroatoms. The Morgan fingerprint density at radius 3 is 2.07 bits per heavy atom. The highest BCUT2D eigenvalue weighted by atomic mass is 35.5. The molecule has 0 fully saturated rings. The minimum Gasteiger partial charge on any atom is -0.503 e.